The quantitative estimate of drug-likeness (QED) is 0.454. The predicted molar refractivity (Wildman–Crippen MR) is 110 cm³/mol. The third kappa shape index (κ3) is 5.32. The molecule has 0 unspecified atom stereocenters. The first-order valence-corrected chi connectivity index (χ1v) is 9.22. The second kappa shape index (κ2) is 9.05. The molecule has 0 amide bonds. The Labute approximate surface area is 174 Å². The smallest absolute Gasteiger partial charge is 0.343 e. The van der Waals surface area contributed by atoms with E-state index in [1.807, 2.05) is 19.1 Å². The van der Waals surface area contributed by atoms with Gasteiger partial charge in [-0.05, 0) is 74.0 Å². The van der Waals surface area contributed by atoms with E-state index in [1.165, 1.54) is 31.2 Å². The van der Waals surface area contributed by atoms with Crippen LogP contribution in [0, 0.1) is 13.8 Å². The van der Waals surface area contributed by atoms with Crippen LogP contribution < -0.4 is 14.2 Å². The Hall–Kier alpha value is -3.93. The normalized spacial score (nSPS) is 10.2. The molecule has 30 heavy (non-hydrogen) atoms. The number of aryl methyl sites for hydroxylation is 2. The van der Waals surface area contributed by atoms with Crippen LogP contribution in [-0.2, 0) is 4.79 Å². The van der Waals surface area contributed by atoms with Crippen molar-refractivity contribution in [3.63, 3.8) is 0 Å². The van der Waals surface area contributed by atoms with Gasteiger partial charge in [0.1, 0.15) is 17.2 Å². The molecule has 0 aromatic heterocycles. The molecule has 0 saturated heterocycles. The zero-order valence-corrected chi connectivity index (χ0v) is 16.8. The number of benzene rings is 3. The summed E-state index contributed by atoms with van der Waals surface area (Å²) in [6.45, 7) is 4.98. The standard InChI is InChI=1S/C24H20O6/c1-15-4-6-18(7-5-15)23(26)29-20-10-8-19(9-11-20)24(27)30-22-13-12-21(14-16(22)2)28-17(3)25/h4-14H,1-3H3. The van der Waals surface area contributed by atoms with E-state index in [-0.39, 0.29) is 0 Å². The Bertz CT molecular complexity index is 1080. The third-order valence-electron chi connectivity index (χ3n) is 4.20. The van der Waals surface area contributed by atoms with Crippen molar-refractivity contribution in [1.29, 1.82) is 0 Å². The molecule has 3 aromatic carbocycles. The molecule has 0 atom stereocenters. The Morgan fingerprint density at radius 1 is 0.633 bits per heavy atom. The third-order valence-corrected chi connectivity index (χ3v) is 4.20. The van der Waals surface area contributed by atoms with E-state index in [2.05, 4.69) is 0 Å². The summed E-state index contributed by atoms with van der Waals surface area (Å²) in [5.74, 6) is -0.421. The molecule has 3 rings (SSSR count). The molecule has 0 radical (unpaired) electrons. The lowest BCUT2D eigenvalue weighted by Crippen LogP contribution is -2.11. The van der Waals surface area contributed by atoms with Gasteiger partial charge in [-0.3, -0.25) is 4.79 Å². The van der Waals surface area contributed by atoms with Gasteiger partial charge in [0.25, 0.3) is 0 Å². The number of carbonyl (C=O) groups excluding carboxylic acids is 3. The topological polar surface area (TPSA) is 78.9 Å². The molecule has 0 spiro atoms. The van der Waals surface area contributed by atoms with E-state index >= 15 is 0 Å². The van der Waals surface area contributed by atoms with Gasteiger partial charge in [0.05, 0.1) is 11.1 Å². The first-order chi connectivity index (χ1) is 14.3. The van der Waals surface area contributed by atoms with Crippen LogP contribution in [0.25, 0.3) is 0 Å². The molecule has 6 nitrogen and oxygen atoms in total. The molecule has 0 fully saturated rings. The molecule has 0 aliphatic rings. The molecule has 0 heterocycles. The van der Waals surface area contributed by atoms with Gasteiger partial charge in [-0.2, -0.15) is 0 Å². The van der Waals surface area contributed by atoms with Gasteiger partial charge >= 0.3 is 17.9 Å². The zero-order chi connectivity index (χ0) is 21.7. The molecule has 6 heteroatoms. The minimum Gasteiger partial charge on any atom is -0.427 e. The highest BCUT2D eigenvalue weighted by atomic mass is 16.5. The lowest BCUT2D eigenvalue weighted by atomic mass is 10.1. The van der Waals surface area contributed by atoms with Crippen molar-refractivity contribution in [3.8, 4) is 17.2 Å². The fraction of sp³-hybridized carbons (Fsp3) is 0.125. The molecule has 0 bridgehead atoms. The molecular weight excluding hydrogens is 384 g/mol. The monoisotopic (exact) mass is 404 g/mol. The second-order valence-corrected chi connectivity index (χ2v) is 6.69. The van der Waals surface area contributed by atoms with Gasteiger partial charge < -0.3 is 14.2 Å². The van der Waals surface area contributed by atoms with Crippen molar-refractivity contribution in [1.82, 2.24) is 0 Å². The van der Waals surface area contributed by atoms with Gasteiger partial charge in [0.15, 0.2) is 0 Å². The summed E-state index contributed by atoms with van der Waals surface area (Å²) < 4.78 is 15.7. The highest BCUT2D eigenvalue weighted by Crippen LogP contribution is 2.25. The van der Waals surface area contributed by atoms with Crippen LogP contribution in [0.1, 0.15) is 38.8 Å². The van der Waals surface area contributed by atoms with E-state index in [0.717, 1.165) is 5.56 Å². The molecule has 0 N–H and O–H groups in total. The van der Waals surface area contributed by atoms with Crippen molar-refractivity contribution in [3.05, 3.63) is 89.0 Å². The Morgan fingerprint density at radius 2 is 1.17 bits per heavy atom. The Morgan fingerprint density at radius 3 is 1.73 bits per heavy atom. The SMILES string of the molecule is CC(=O)Oc1ccc(OC(=O)c2ccc(OC(=O)c3ccc(C)cc3)cc2)c(C)c1. The van der Waals surface area contributed by atoms with Crippen molar-refractivity contribution < 1.29 is 28.6 Å². The summed E-state index contributed by atoms with van der Waals surface area (Å²) in [4.78, 5) is 35.6. The lowest BCUT2D eigenvalue weighted by Gasteiger charge is -2.10. The zero-order valence-electron chi connectivity index (χ0n) is 16.8. The molecule has 0 saturated carbocycles. The maximum atomic E-state index is 12.4. The predicted octanol–water partition coefficient (Wildman–Crippen LogP) is 4.67. The van der Waals surface area contributed by atoms with Crippen molar-refractivity contribution >= 4 is 17.9 Å². The molecular formula is C24H20O6. The highest BCUT2D eigenvalue weighted by Gasteiger charge is 2.13. The molecule has 3 aromatic rings. The summed E-state index contributed by atoms with van der Waals surface area (Å²) in [7, 11) is 0. The molecule has 0 aliphatic heterocycles. The summed E-state index contributed by atoms with van der Waals surface area (Å²) >= 11 is 0. The number of rotatable bonds is 5. The second-order valence-electron chi connectivity index (χ2n) is 6.69. The van der Waals surface area contributed by atoms with Gasteiger partial charge in [-0.1, -0.05) is 17.7 Å². The molecule has 0 aliphatic carbocycles. The van der Waals surface area contributed by atoms with Crippen LogP contribution in [0.4, 0.5) is 0 Å². The molecule has 152 valence electrons. The van der Waals surface area contributed by atoms with E-state index in [4.69, 9.17) is 14.2 Å². The maximum Gasteiger partial charge on any atom is 0.343 e. The minimum atomic E-state index is -0.560. The average Bonchev–Trinajstić information content (AvgIpc) is 2.70. The van der Waals surface area contributed by atoms with Crippen molar-refractivity contribution in [2.45, 2.75) is 20.8 Å². The van der Waals surface area contributed by atoms with Crippen LogP contribution >= 0.6 is 0 Å². The van der Waals surface area contributed by atoms with Crippen molar-refractivity contribution in [2.75, 3.05) is 0 Å². The van der Waals surface area contributed by atoms with E-state index in [1.54, 1.807) is 37.3 Å². The summed E-state index contributed by atoms with van der Waals surface area (Å²) in [5.41, 5.74) is 2.43. The number of hydrogen-bond acceptors (Lipinski definition) is 6. The van der Waals surface area contributed by atoms with Gasteiger partial charge in [-0.15, -0.1) is 0 Å². The van der Waals surface area contributed by atoms with E-state index in [0.29, 0.717) is 33.9 Å². The number of carbonyl (C=O) groups is 3. The van der Waals surface area contributed by atoms with Gasteiger partial charge in [0, 0.05) is 6.92 Å². The number of hydrogen-bond donors (Lipinski definition) is 0. The van der Waals surface area contributed by atoms with Crippen LogP contribution in [-0.4, -0.2) is 17.9 Å². The first kappa shape index (κ1) is 20.8. The fourth-order valence-corrected chi connectivity index (χ4v) is 2.64. The minimum absolute atomic E-state index is 0.300. The fourth-order valence-electron chi connectivity index (χ4n) is 2.64. The van der Waals surface area contributed by atoms with E-state index < -0.39 is 17.9 Å². The summed E-state index contributed by atoms with van der Waals surface area (Å²) in [6, 6.07) is 17.8. The Balaban J connectivity index is 1.64. The average molecular weight is 404 g/mol. The summed E-state index contributed by atoms with van der Waals surface area (Å²) in [6.07, 6.45) is 0. The number of esters is 3. The van der Waals surface area contributed by atoms with Crippen LogP contribution in [0.3, 0.4) is 0 Å². The van der Waals surface area contributed by atoms with Gasteiger partial charge in [-0.25, -0.2) is 9.59 Å². The van der Waals surface area contributed by atoms with Crippen LogP contribution in [0.2, 0.25) is 0 Å². The highest BCUT2D eigenvalue weighted by molar-refractivity contribution is 5.92. The summed E-state index contributed by atoms with van der Waals surface area (Å²) in [5, 5.41) is 0. The maximum absolute atomic E-state index is 12.4. The largest absolute Gasteiger partial charge is 0.427 e. The Kier molecular flexibility index (Phi) is 6.27. The van der Waals surface area contributed by atoms with Crippen molar-refractivity contribution in [2.24, 2.45) is 0 Å². The van der Waals surface area contributed by atoms with Crippen LogP contribution in [0.15, 0.2) is 66.7 Å². The number of ether oxygens (including phenoxy) is 3. The van der Waals surface area contributed by atoms with E-state index in [9.17, 15) is 14.4 Å². The first-order valence-electron chi connectivity index (χ1n) is 9.22. The lowest BCUT2D eigenvalue weighted by molar-refractivity contribution is -0.131. The van der Waals surface area contributed by atoms with Crippen LogP contribution in [0.5, 0.6) is 17.2 Å². The van der Waals surface area contributed by atoms with Gasteiger partial charge in [0.2, 0.25) is 0 Å².